The Hall–Kier alpha value is -1.62. The molecule has 2 aromatic heterocycles. The van der Waals surface area contributed by atoms with Crippen LogP contribution in [0.1, 0.15) is 5.69 Å². The van der Waals surface area contributed by atoms with Crippen molar-refractivity contribution in [2.75, 3.05) is 5.32 Å². The Bertz CT molecular complexity index is 442. The van der Waals surface area contributed by atoms with Crippen molar-refractivity contribution in [2.24, 2.45) is 7.05 Å². The van der Waals surface area contributed by atoms with Gasteiger partial charge < -0.3 is 5.32 Å². The Balaban J connectivity index is 2.18. The van der Waals surface area contributed by atoms with Crippen LogP contribution in [0.3, 0.4) is 0 Å². The number of hydrogen-bond donors (Lipinski definition) is 1. The first kappa shape index (κ1) is 9.92. The number of rotatable bonds is 2. The van der Waals surface area contributed by atoms with E-state index < -0.39 is 0 Å². The molecule has 0 aliphatic rings. The van der Waals surface area contributed by atoms with Gasteiger partial charge in [0.25, 0.3) is 0 Å². The highest BCUT2D eigenvalue weighted by molar-refractivity contribution is 6.30. The van der Waals surface area contributed by atoms with Crippen molar-refractivity contribution in [2.45, 2.75) is 6.92 Å². The Labute approximate surface area is 92.1 Å². The number of hydrogen-bond acceptors (Lipinski definition) is 4. The number of aromatic nitrogens is 4. The number of nitrogens with zero attached hydrogens (tertiary/aromatic N) is 4. The van der Waals surface area contributed by atoms with Gasteiger partial charge in [-0.2, -0.15) is 5.10 Å². The lowest BCUT2D eigenvalue weighted by Gasteiger charge is -1.99. The smallest absolute Gasteiger partial charge is 0.228 e. The molecule has 0 fully saturated rings. The third-order valence-electron chi connectivity index (χ3n) is 1.97. The van der Waals surface area contributed by atoms with E-state index in [4.69, 9.17) is 11.6 Å². The zero-order chi connectivity index (χ0) is 10.8. The molecular weight excluding hydrogens is 214 g/mol. The maximum absolute atomic E-state index is 5.67. The summed E-state index contributed by atoms with van der Waals surface area (Å²) in [5.41, 5.74) is 1.06. The second-order valence-corrected chi connectivity index (χ2v) is 3.58. The van der Waals surface area contributed by atoms with Crippen molar-refractivity contribution in [1.29, 1.82) is 0 Å². The molecule has 2 heterocycles. The van der Waals surface area contributed by atoms with Gasteiger partial charge in [0, 0.05) is 18.8 Å². The monoisotopic (exact) mass is 223 g/mol. The van der Waals surface area contributed by atoms with Gasteiger partial charge in [-0.25, -0.2) is 9.97 Å². The standard InChI is InChI=1S/C9H10ClN5/c1-6-3-8(14-15(6)2)13-9-11-4-7(10)5-12-9/h3-5H,1-2H3,(H,11,12,13,14). The van der Waals surface area contributed by atoms with E-state index in [0.29, 0.717) is 11.0 Å². The second kappa shape index (κ2) is 3.86. The van der Waals surface area contributed by atoms with E-state index in [1.165, 1.54) is 12.4 Å². The van der Waals surface area contributed by atoms with Crippen LogP contribution in [0, 0.1) is 6.92 Å². The highest BCUT2D eigenvalue weighted by Gasteiger charge is 2.02. The molecule has 78 valence electrons. The van der Waals surface area contributed by atoms with Gasteiger partial charge in [0.1, 0.15) is 0 Å². The molecule has 0 atom stereocenters. The van der Waals surface area contributed by atoms with Gasteiger partial charge in [0.15, 0.2) is 5.82 Å². The summed E-state index contributed by atoms with van der Waals surface area (Å²) in [5, 5.41) is 7.71. The molecule has 6 heteroatoms. The van der Waals surface area contributed by atoms with E-state index in [9.17, 15) is 0 Å². The van der Waals surface area contributed by atoms with E-state index >= 15 is 0 Å². The molecule has 2 rings (SSSR count). The molecular formula is C9H10ClN5. The summed E-state index contributed by atoms with van der Waals surface area (Å²) in [7, 11) is 1.88. The molecule has 5 nitrogen and oxygen atoms in total. The van der Waals surface area contributed by atoms with Crippen molar-refractivity contribution in [3.05, 3.63) is 29.2 Å². The number of aryl methyl sites for hydroxylation is 2. The van der Waals surface area contributed by atoms with E-state index in [1.807, 2.05) is 20.0 Å². The third kappa shape index (κ3) is 2.24. The number of halogens is 1. The van der Waals surface area contributed by atoms with Gasteiger partial charge in [0.05, 0.1) is 17.4 Å². The Morgan fingerprint density at radius 3 is 2.53 bits per heavy atom. The average molecular weight is 224 g/mol. The molecule has 0 aromatic carbocycles. The lowest BCUT2D eigenvalue weighted by molar-refractivity contribution is 0.742. The van der Waals surface area contributed by atoms with E-state index in [0.717, 1.165) is 11.5 Å². The molecule has 1 N–H and O–H groups in total. The molecule has 0 aliphatic carbocycles. The lowest BCUT2D eigenvalue weighted by Crippen LogP contribution is -1.98. The van der Waals surface area contributed by atoms with E-state index in [2.05, 4.69) is 20.4 Å². The quantitative estimate of drug-likeness (QED) is 0.845. The highest BCUT2D eigenvalue weighted by atomic mass is 35.5. The maximum atomic E-state index is 5.67. The van der Waals surface area contributed by atoms with Gasteiger partial charge in [-0.1, -0.05) is 11.6 Å². The maximum Gasteiger partial charge on any atom is 0.228 e. The minimum atomic E-state index is 0.484. The summed E-state index contributed by atoms with van der Waals surface area (Å²) in [5.74, 6) is 1.20. The SMILES string of the molecule is Cc1cc(Nc2ncc(Cl)cn2)nn1C. The van der Waals surface area contributed by atoms with Gasteiger partial charge >= 0.3 is 0 Å². The number of nitrogens with one attached hydrogen (secondary N) is 1. The predicted molar refractivity (Wildman–Crippen MR) is 58.3 cm³/mol. The molecule has 0 radical (unpaired) electrons. The van der Waals surface area contributed by atoms with Crippen LogP contribution in [0.4, 0.5) is 11.8 Å². The zero-order valence-electron chi connectivity index (χ0n) is 8.40. The van der Waals surface area contributed by atoms with Crippen LogP contribution in [0.25, 0.3) is 0 Å². The van der Waals surface area contributed by atoms with E-state index in [-0.39, 0.29) is 0 Å². The minimum absolute atomic E-state index is 0.484. The molecule has 0 saturated heterocycles. The van der Waals surface area contributed by atoms with Crippen LogP contribution in [0.2, 0.25) is 5.02 Å². The molecule has 0 amide bonds. The summed E-state index contributed by atoms with van der Waals surface area (Å²) in [6.07, 6.45) is 3.07. The van der Waals surface area contributed by atoms with Crippen LogP contribution in [0.15, 0.2) is 18.5 Å². The Morgan fingerprint density at radius 2 is 2.00 bits per heavy atom. The van der Waals surface area contributed by atoms with Crippen molar-refractivity contribution < 1.29 is 0 Å². The molecule has 15 heavy (non-hydrogen) atoms. The van der Waals surface area contributed by atoms with E-state index in [1.54, 1.807) is 4.68 Å². The van der Waals surface area contributed by atoms with Crippen molar-refractivity contribution in [3.63, 3.8) is 0 Å². The topological polar surface area (TPSA) is 55.6 Å². The van der Waals surface area contributed by atoms with Crippen molar-refractivity contribution in [1.82, 2.24) is 19.7 Å². The summed E-state index contributed by atoms with van der Waals surface area (Å²) >= 11 is 5.67. The van der Waals surface area contributed by atoms with Crippen LogP contribution in [0.5, 0.6) is 0 Å². The fourth-order valence-electron chi connectivity index (χ4n) is 1.11. The van der Waals surface area contributed by atoms with Crippen molar-refractivity contribution >= 4 is 23.4 Å². The average Bonchev–Trinajstić information content (AvgIpc) is 2.50. The summed E-state index contributed by atoms with van der Waals surface area (Å²) in [6.45, 7) is 1.97. The summed E-state index contributed by atoms with van der Waals surface area (Å²) < 4.78 is 1.78. The van der Waals surface area contributed by atoms with Gasteiger partial charge in [-0.15, -0.1) is 0 Å². The summed E-state index contributed by atoms with van der Waals surface area (Å²) in [4.78, 5) is 8.02. The first-order valence-electron chi connectivity index (χ1n) is 4.40. The molecule has 0 spiro atoms. The first-order chi connectivity index (χ1) is 7.15. The molecule has 0 saturated carbocycles. The van der Waals surface area contributed by atoms with Crippen LogP contribution in [-0.4, -0.2) is 19.7 Å². The molecule has 0 bridgehead atoms. The normalized spacial score (nSPS) is 10.3. The van der Waals surface area contributed by atoms with Crippen LogP contribution >= 0.6 is 11.6 Å². The largest absolute Gasteiger partial charge is 0.307 e. The highest BCUT2D eigenvalue weighted by Crippen LogP contribution is 2.12. The third-order valence-corrected chi connectivity index (χ3v) is 2.17. The Kier molecular flexibility index (Phi) is 2.55. The Morgan fingerprint density at radius 1 is 1.33 bits per heavy atom. The molecule has 2 aromatic rings. The lowest BCUT2D eigenvalue weighted by atomic mass is 10.5. The first-order valence-corrected chi connectivity index (χ1v) is 4.78. The second-order valence-electron chi connectivity index (χ2n) is 3.14. The fraction of sp³-hybridized carbons (Fsp3) is 0.222. The minimum Gasteiger partial charge on any atom is -0.307 e. The fourth-order valence-corrected chi connectivity index (χ4v) is 1.21. The van der Waals surface area contributed by atoms with Crippen LogP contribution in [-0.2, 0) is 7.05 Å². The summed E-state index contributed by atoms with van der Waals surface area (Å²) in [6, 6.07) is 1.91. The van der Waals surface area contributed by atoms with Crippen molar-refractivity contribution in [3.8, 4) is 0 Å². The van der Waals surface area contributed by atoms with Gasteiger partial charge in [-0.3, -0.25) is 4.68 Å². The zero-order valence-corrected chi connectivity index (χ0v) is 9.15. The number of anilines is 2. The van der Waals surface area contributed by atoms with Gasteiger partial charge in [-0.05, 0) is 6.92 Å². The molecule has 0 aliphatic heterocycles. The van der Waals surface area contributed by atoms with Gasteiger partial charge in [0.2, 0.25) is 5.95 Å². The van der Waals surface area contributed by atoms with Crippen LogP contribution < -0.4 is 5.32 Å². The predicted octanol–water partition coefficient (Wildman–Crippen LogP) is 1.92. The molecule has 0 unspecified atom stereocenters.